The lowest BCUT2D eigenvalue weighted by atomic mass is 9.95. The highest BCUT2D eigenvalue weighted by Gasteiger charge is 2.22. The van der Waals surface area contributed by atoms with Crippen LogP contribution in [0.1, 0.15) is 42.7 Å². The van der Waals surface area contributed by atoms with Gasteiger partial charge >= 0.3 is 0 Å². The first kappa shape index (κ1) is 19.2. The minimum atomic E-state index is -0.155. The van der Waals surface area contributed by atoms with E-state index in [0.29, 0.717) is 30.6 Å². The molecule has 0 unspecified atom stereocenters. The third-order valence-corrected chi connectivity index (χ3v) is 4.89. The number of nitrogens with zero attached hydrogens (tertiary/aromatic N) is 4. The van der Waals surface area contributed by atoms with E-state index in [0.717, 1.165) is 22.7 Å². The van der Waals surface area contributed by atoms with Crippen LogP contribution in [0.2, 0.25) is 0 Å². The lowest BCUT2D eigenvalue weighted by molar-refractivity contribution is -0.121. The van der Waals surface area contributed by atoms with E-state index in [4.69, 9.17) is 9.47 Å². The average molecular weight is 395 g/mol. The molecule has 0 saturated heterocycles. The Kier molecular flexibility index (Phi) is 5.08. The number of nitrogens with one attached hydrogen (secondary N) is 1. The molecule has 0 saturated carbocycles. The monoisotopic (exact) mass is 395 g/mol. The van der Waals surface area contributed by atoms with Gasteiger partial charge in [0.1, 0.15) is 13.2 Å². The number of hydrogen-bond acceptors (Lipinski definition) is 6. The molecule has 0 aliphatic carbocycles. The number of carbonyl (C=O) groups is 1. The van der Waals surface area contributed by atoms with Crippen LogP contribution in [0, 0.1) is 19.8 Å². The van der Waals surface area contributed by atoms with Gasteiger partial charge in [0.25, 0.3) is 5.78 Å². The Labute approximate surface area is 169 Å². The molecule has 152 valence electrons. The third kappa shape index (κ3) is 4.01. The fourth-order valence-electron chi connectivity index (χ4n) is 3.54. The Morgan fingerprint density at radius 3 is 2.66 bits per heavy atom. The summed E-state index contributed by atoms with van der Waals surface area (Å²) in [4.78, 5) is 21.5. The first-order valence-electron chi connectivity index (χ1n) is 9.79. The summed E-state index contributed by atoms with van der Waals surface area (Å²) in [5.41, 5.74) is 2.79. The molecule has 0 fully saturated rings. The average Bonchev–Trinajstić information content (AvgIpc) is 3.08. The summed E-state index contributed by atoms with van der Waals surface area (Å²) in [6.45, 7) is 9.08. The van der Waals surface area contributed by atoms with Crippen LogP contribution < -0.4 is 14.8 Å². The maximum Gasteiger partial charge on any atom is 0.252 e. The number of rotatable bonds is 5. The van der Waals surface area contributed by atoms with Crippen LogP contribution in [0.5, 0.6) is 11.5 Å². The molecule has 3 aromatic rings. The second-order valence-corrected chi connectivity index (χ2v) is 7.65. The molecule has 1 atom stereocenters. The Bertz CT molecular complexity index is 1060. The van der Waals surface area contributed by atoms with E-state index in [2.05, 4.69) is 34.2 Å². The Balaban J connectivity index is 1.51. The van der Waals surface area contributed by atoms with Crippen molar-refractivity contribution in [3.8, 4) is 11.5 Å². The van der Waals surface area contributed by atoms with Crippen LogP contribution in [0.25, 0.3) is 5.78 Å². The predicted molar refractivity (Wildman–Crippen MR) is 107 cm³/mol. The van der Waals surface area contributed by atoms with E-state index < -0.39 is 0 Å². The van der Waals surface area contributed by atoms with E-state index in [1.807, 2.05) is 38.1 Å². The molecular formula is C21H25N5O3. The number of benzene rings is 1. The van der Waals surface area contributed by atoms with E-state index >= 15 is 0 Å². The number of hydrogen-bond donors (Lipinski definition) is 1. The molecule has 1 aromatic carbocycles. The number of ether oxygens (including phenoxy) is 2. The van der Waals surface area contributed by atoms with Crippen molar-refractivity contribution in [2.45, 2.75) is 40.2 Å². The molecule has 0 bridgehead atoms. The normalized spacial score (nSPS) is 14.2. The molecule has 0 spiro atoms. The standard InChI is InChI=1S/C21H25N5O3/c1-12(2)20(15-5-6-16-17(10-15)29-8-7-28-16)24-19(27)11-18-23-21-22-13(3)9-14(4)26(21)25-18/h5-6,9-10,12,20H,7-8,11H2,1-4H3,(H,24,27)/t20-/m0/s1. The summed E-state index contributed by atoms with van der Waals surface area (Å²) >= 11 is 0. The van der Waals surface area contributed by atoms with Gasteiger partial charge < -0.3 is 14.8 Å². The van der Waals surface area contributed by atoms with Crippen molar-refractivity contribution in [2.75, 3.05) is 13.2 Å². The van der Waals surface area contributed by atoms with Gasteiger partial charge in [0.05, 0.1) is 12.5 Å². The van der Waals surface area contributed by atoms with Gasteiger partial charge in [-0.05, 0) is 43.5 Å². The fourth-order valence-corrected chi connectivity index (χ4v) is 3.54. The third-order valence-electron chi connectivity index (χ3n) is 4.89. The molecule has 0 radical (unpaired) electrons. The second kappa shape index (κ2) is 7.69. The molecule has 8 nitrogen and oxygen atoms in total. The molecule has 2 aromatic heterocycles. The van der Waals surface area contributed by atoms with Crippen molar-refractivity contribution in [1.82, 2.24) is 24.9 Å². The zero-order valence-electron chi connectivity index (χ0n) is 17.1. The number of aromatic nitrogens is 4. The van der Waals surface area contributed by atoms with Crippen molar-refractivity contribution in [3.05, 3.63) is 47.0 Å². The summed E-state index contributed by atoms with van der Waals surface area (Å²) in [7, 11) is 0. The van der Waals surface area contributed by atoms with Crippen molar-refractivity contribution in [3.63, 3.8) is 0 Å². The van der Waals surface area contributed by atoms with Crippen LogP contribution >= 0.6 is 0 Å². The molecule has 1 N–H and O–H groups in total. The van der Waals surface area contributed by atoms with Crippen molar-refractivity contribution in [2.24, 2.45) is 5.92 Å². The van der Waals surface area contributed by atoms with Crippen molar-refractivity contribution < 1.29 is 14.3 Å². The maximum absolute atomic E-state index is 12.7. The van der Waals surface area contributed by atoms with Crippen LogP contribution in [0.4, 0.5) is 0 Å². The van der Waals surface area contributed by atoms with E-state index in [1.54, 1.807) is 4.52 Å². The molecule has 3 heterocycles. The van der Waals surface area contributed by atoms with Gasteiger partial charge in [0.15, 0.2) is 17.3 Å². The van der Waals surface area contributed by atoms with Gasteiger partial charge in [-0.3, -0.25) is 4.79 Å². The number of aryl methyl sites for hydroxylation is 2. The maximum atomic E-state index is 12.7. The zero-order chi connectivity index (χ0) is 20.5. The quantitative estimate of drug-likeness (QED) is 0.714. The Hall–Kier alpha value is -3.16. The van der Waals surface area contributed by atoms with E-state index in [1.165, 1.54) is 0 Å². The minimum Gasteiger partial charge on any atom is -0.486 e. The Morgan fingerprint density at radius 2 is 1.90 bits per heavy atom. The summed E-state index contributed by atoms with van der Waals surface area (Å²) in [6.07, 6.45) is 0.0929. The minimum absolute atomic E-state index is 0.0929. The van der Waals surface area contributed by atoms with Gasteiger partial charge in [0, 0.05) is 11.4 Å². The van der Waals surface area contributed by atoms with Crippen LogP contribution in [0.3, 0.4) is 0 Å². The van der Waals surface area contributed by atoms with E-state index in [-0.39, 0.29) is 24.3 Å². The van der Waals surface area contributed by atoms with Crippen molar-refractivity contribution in [1.29, 1.82) is 0 Å². The van der Waals surface area contributed by atoms with Gasteiger partial charge in [-0.15, -0.1) is 5.10 Å². The zero-order valence-corrected chi connectivity index (χ0v) is 17.1. The summed E-state index contributed by atoms with van der Waals surface area (Å²) in [5, 5.41) is 7.53. The van der Waals surface area contributed by atoms with Crippen molar-refractivity contribution >= 4 is 11.7 Å². The molecule has 29 heavy (non-hydrogen) atoms. The summed E-state index contributed by atoms with van der Waals surface area (Å²) in [6, 6.07) is 7.59. The lowest BCUT2D eigenvalue weighted by Crippen LogP contribution is -2.33. The molecule has 8 heteroatoms. The summed E-state index contributed by atoms with van der Waals surface area (Å²) < 4.78 is 12.9. The van der Waals surface area contributed by atoms with Crippen LogP contribution in [-0.2, 0) is 11.2 Å². The highest BCUT2D eigenvalue weighted by Crippen LogP contribution is 2.34. The first-order valence-corrected chi connectivity index (χ1v) is 9.79. The summed E-state index contributed by atoms with van der Waals surface area (Å²) in [5.74, 6) is 2.48. The highest BCUT2D eigenvalue weighted by molar-refractivity contribution is 5.78. The topological polar surface area (TPSA) is 90.6 Å². The second-order valence-electron chi connectivity index (χ2n) is 7.65. The highest BCUT2D eigenvalue weighted by atomic mass is 16.6. The number of carbonyl (C=O) groups excluding carboxylic acids is 1. The lowest BCUT2D eigenvalue weighted by Gasteiger charge is -2.25. The molecule has 1 aliphatic rings. The largest absolute Gasteiger partial charge is 0.486 e. The number of amides is 1. The molecule has 1 aliphatic heterocycles. The SMILES string of the molecule is Cc1cc(C)n2nc(CC(=O)N[C@H](c3ccc4c(c3)OCCO4)C(C)C)nc2n1. The first-order chi connectivity index (χ1) is 13.9. The molecule has 1 amide bonds. The van der Waals surface area contributed by atoms with Crippen LogP contribution in [-0.4, -0.2) is 38.7 Å². The predicted octanol–water partition coefficient (Wildman–Crippen LogP) is 2.57. The van der Waals surface area contributed by atoms with E-state index in [9.17, 15) is 4.79 Å². The van der Waals surface area contributed by atoms with Gasteiger partial charge in [-0.2, -0.15) is 4.98 Å². The fraction of sp³-hybridized carbons (Fsp3) is 0.429. The number of fused-ring (bicyclic) bond motifs is 2. The van der Waals surface area contributed by atoms with Gasteiger partial charge in [-0.1, -0.05) is 19.9 Å². The van der Waals surface area contributed by atoms with Crippen LogP contribution in [0.15, 0.2) is 24.3 Å². The molecular weight excluding hydrogens is 370 g/mol. The van der Waals surface area contributed by atoms with Gasteiger partial charge in [0.2, 0.25) is 5.91 Å². The molecule has 4 rings (SSSR count). The smallest absolute Gasteiger partial charge is 0.252 e. The Morgan fingerprint density at radius 1 is 1.14 bits per heavy atom. The van der Waals surface area contributed by atoms with Gasteiger partial charge in [-0.25, -0.2) is 9.50 Å².